The number of amides is 1. The van der Waals surface area contributed by atoms with Gasteiger partial charge in [-0.1, -0.05) is 19.0 Å². The van der Waals surface area contributed by atoms with Crippen molar-refractivity contribution in [1.29, 1.82) is 0 Å². The first-order chi connectivity index (χ1) is 15.5. The van der Waals surface area contributed by atoms with E-state index in [2.05, 4.69) is 19.0 Å². The molecule has 4 fully saturated rings. The lowest BCUT2D eigenvalue weighted by molar-refractivity contribution is -0.173. The molecule has 0 aliphatic heterocycles. The van der Waals surface area contributed by atoms with Crippen molar-refractivity contribution in [3.8, 4) is 0 Å². The van der Waals surface area contributed by atoms with Gasteiger partial charge in [0.2, 0.25) is 0 Å². The predicted molar refractivity (Wildman–Crippen MR) is 116 cm³/mol. The number of nitrogens with zero attached hydrogens (tertiary/aromatic N) is 1. The molecule has 0 unspecified atom stereocenters. The number of halogens is 3. The smallest absolute Gasteiger partial charge is 0.396 e. The first-order valence-electron chi connectivity index (χ1n) is 12.4. The normalized spacial score (nSPS) is 44.0. The molecule has 4 rings (SSSR count). The second kappa shape index (κ2) is 9.02. The predicted octanol–water partition coefficient (Wildman–Crippen LogP) is 3.80. The molecule has 0 aromatic carbocycles. The van der Waals surface area contributed by atoms with E-state index in [0.717, 1.165) is 50.7 Å². The number of aliphatic hydroxyl groups excluding tert-OH is 2. The number of nitrogens with one attached hydrogen (secondary N) is 1. The molecule has 0 saturated heterocycles. The number of hydrogen-bond donors (Lipinski definition) is 3. The van der Waals surface area contributed by atoms with Gasteiger partial charge in [0, 0.05) is 13.0 Å². The summed E-state index contributed by atoms with van der Waals surface area (Å²) in [6, 6.07) is 0. The third-order valence-corrected chi connectivity index (χ3v) is 9.62. The number of carbonyl (C=O) groups is 1. The van der Waals surface area contributed by atoms with Gasteiger partial charge in [0.15, 0.2) is 0 Å². The van der Waals surface area contributed by atoms with Crippen molar-refractivity contribution in [3.05, 3.63) is 0 Å². The third kappa shape index (κ3) is 4.51. The number of carbonyl (C=O) groups excluding carboxylic acids is 1. The van der Waals surface area contributed by atoms with E-state index in [1.54, 1.807) is 0 Å². The lowest BCUT2D eigenvalue weighted by atomic mass is 9.44. The zero-order valence-electron chi connectivity index (χ0n) is 19.5. The SMILES string of the molecule is C[C@]12CC/C(=N\OCCCNC(=O)C(F)(F)F)C[C@H]1[C@@H](O)C[C@@H]1[C@@H]2CC[C@]2(C)[C@@H](O)CC[C@@H]12. The molecule has 4 aliphatic rings. The number of hydrogen-bond acceptors (Lipinski definition) is 5. The second-order valence-corrected chi connectivity index (χ2v) is 11.2. The minimum absolute atomic E-state index is 0.0151. The van der Waals surface area contributed by atoms with Gasteiger partial charge in [0.1, 0.15) is 6.61 Å². The third-order valence-electron chi connectivity index (χ3n) is 9.62. The molecule has 0 bridgehead atoms. The van der Waals surface area contributed by atoms with E-state index in [1.165, 1.54) is 0 Å². The Balaban J connectivity index is 1.32. The molecular formula is C24H37F3N2O4. The van der Waals surface area contributed by atoms with Gasteiger partial charge in [0.25, 0.3) is 0 Å². The summed E-state index contributed by atoms with van der Waals surface area (Å²) in [6.45, 7) is 4.57. The second-order valence-electron chi connectivity index (χ2n) is 11.2. The lowest BCUT2D eigenvalue weighted by Crippen LogP contribution is -2.58. The van der Waals surface area contributed by atoms with E-state index in [1.807, 2.05) is 5.32 Å². The summed E-state index contributed by atoms with van der Waals surface area (Å²) >= 11 is 0. The highest BCUT2D eigenvalue weighted by atomic mass is 19.4. The Bertz CT molecular complexity index is 775. The fourth-order valence-corrected chi connectivity index (χ4v) is 7.73. The molecule has 6 nitrogen and oxygen atoms in total. The average molecular weight is 475 g/mol. The summed E-state index contributed by atoms with van der Waals surface area (Å²) in [6.07, 6.45) is 1.99. The highest BCUT2D eigenvalue weighted by molar-refractivity contribution is 5.85. The van der Waals surface area contributed by atoms with Crippen LogP contribution in [0.4, 0.5) is 13.2 Å². The Morgan fingerprint density at radius 3 is 2.58 bits per heavy atom. The molecule has 4 saturated carbocycles. The van der Waals surface area contributed by atoms with Crippen molar-refractivity contribution in [2.45, 2.75) is 90.0 Å². The van der Waals surface area contributed by atoms with Crippen LogP contribution in [0.5, 0.6) is 0 Å². The maximum atomic E-state index is 12.2. The molecule has 0 aromatic rings. The van der Waals surface area contributed by atoms with Crippen LogP contribution in [0, 0.1) is 34.5 Å². The number of rotatable bonds is 5. The molecule has 33 heavy (non-hydrogen) atoms. The van der Waals surface area contributed by atoms with Gasteiger partial charge in [-0.25, -0.2) is 0 Å². The van der Waals surface area contributed by atoms with Crippen molar-refractivity contribution >= 4 is 11.6 Å². The maximum Gasteiger partial charge on any atom is 0.471 e. The van der Waals surface area contributed by atoms with E-state index in [0.29, 0.717) is 24.2 Å². The van der Waals surface area contributed by atoms with Crippen LogP contribution in [0.3, 0.4) is 0 Å². The molecule has 1 amide bonds. The molecule has 3 N–H and O–H groups in total. The van der Waals surface area contributed by atoms with Crippen LogP contribution in [0.15, 0.2) is 5.16 Å². The Labute approximate surface area is 193 Å². The Morgan fingerprint density at radius 1 is 1.12 bits per heavy atom. The molecule has 0 spiro atoms. The zero-order valence-corrected chi connectivity index (χ0v) is 19.5. The zero-order chi connectivity index (χ0) is 24.0. The summed E-state index contributed by atoms with van der Waals surface area (Å²) in [5, 5.41) is 27.8. The molecule has 4 aliphatic carbocycles. The van der Waals surface area contributed by atoms with E-state index in [-0.39, 0.29) is 42.4 Å². The first kappa shape index (κ1) is 24.8. The summed E-state index contributed by atoms with van der Waals surface area (Å²) < 4.78 is 36.5. The van der Waals surface area contributed by atoms with Gasteiger partial charge < -0.3 is 20.4 Å². The summed E-state index contributed by atoms with van der Waals surface area (Å²) in [5.41, 5.74) is 0.919. The van der Waals surface area contributed by atoms with Crippen LogP contribution >= 0.6 is 0 Å². The van der Waals surface area contributed by atoms with Crippen molar-refractivity contribution in [2.24, 2.45) is 39.7 Å². The monoisotopic (exact) mass is 474 g/mol. The number of oxime groups is 1. The maximum absolute atomic E-state index is 12.2. The molecule has 188 valence electrons. The van der Waals surface area contributed by atoms with Gasteiger partial charge in [-0.05, 0) is 85.9 Å². The van der Waals surface area contributed by atoms with E-state index in [4.69, 9.17) is 4.84 Å². The lowest BCUT2D eigenvalue weighted by Gasteiger charge is -2.61. The highest BCUT2D eigenvalue weighted by Gasteiger charge is 2.61. The van der Waals surface area contributed by atoms with Crippen LogP contribution in [0.25, 0.3) is 0 Å². The number of fused-ring (bicyclic) bond motifs is 5. The largest absolute Gasteiger partial charge is 0.471 e. The Kier molecular flexibility index (Phi) is 6.77. The van der Waals surface area contributed by atoms with Gasteiger partial charge in [-0.2, -0.15) is 13.2 Å². The fourth-order valence-electron chi connectivity index (χ4n) is 7.73. The Hall–Kier alpha value is -1.35. The van der Waals surface area contributed by atoms with Gasteiger partial charge in [-0.15, -0.1) is 0 Å². The summed E-state index contributed by atoms with van der Waals surface area (Å²) in [5.74, 6) is -0.334. The number of aliphatic hydroxyl groups is 2. The van der Waals surface area contributed by atoms with E-state index >= 15 is 0 Å². The topological polar surface area (TPSA) is 91.2 Å². The fraction of sp³-hybridized carbons (Fsp3) is 0.917. The standard InChI is InChI=1S/C24H37F3N2O4/c1-22-8-6-14(29-33-11-3-10-28-21(32)24(25,26)27)12-18(22)19(30)13-15-16-4-5-20(31)23(16,2)9-7-17(15)22/h15-20,30-31H,3-13H2,1-2H3,(H,28,32)/b29-14+/t15-,16-,17-,18-,19-,20-,22+,23-/m0/s1. The Morgan fingerprint density at radius 2 is 1.85 bits per heavy atom. The van der Waals surface area contributed by atoms with Crippen molar-refractivity contribution in [3.63, 3.8) is 0 Å². The quantitative estimate of drug-likeness (QED) is 0.418. The number of alkyl halides is 3. The van der Waals surface area contributed by atoms with Crippen molar-refractivity contribution in [1.82, 2.24) is 5.32 Å². The van der Waals surface area contributed by atoms with Gasteiger partial charge in [-0.3, -0.25) is 4.79 Å². The van der Waals surface area contributed by atoms with Crippen molar-refractivity contribution < 1.29 is 33.0 Å². The molecule has 8 atom stereocenters. The molecular weight excluding hydrogens is 437 g/mol. The summed E-state index contributed by atoms with van der Waals surface area (Å²) in [7, 11) is 0. The van der Waals surface area contributed by atoms with E-state index in [9.17, 15) is 28.2 Å². The minimum atomic E-state index is -4.87. The molecule has 0 aromatic heterocycles. The van der Waals surface area contributed by atoms with Crippen LogP contribution in [-0.4, -0.2) is 53.4 Å². The molecule has 0 radical (unpaired) electrons. The van der Waals surface area contributed by atoms with E-state index < -0.39 is 18.2 Å². The molecule has 0 heterocycles. The van der Waals surface area contributed by atoms with Crippen LogP contribution in [0.2, 0.25) is 0 Å². The van der Waals surface area contributed by atoms with Crippen molar-refractivity contribution in [2.75, 3.05) is 13.2 Å². The average Bonchev–Trinajstić information content (AvgIpc) is 3.05. The van der Waals surface area contributed by atoms with Crippen LogP contribution < -0.4 is 5.32 Å². The van der Waals surface area contributed by atoms with Gasteiger partial charge >= 0.3 is 12.1 Å². The highest BCUT2D eigenvalue weighted by Crippen LogP contribution is 2.66. The minimum Gasteiger partial charge on any atom is -0.396 e. The molecule has 9 heteroatoms. The van der Waals surface area contributed by atoms with Crippen LogP contribution in [-0.2, 0) is 9.63 Å². The van der Waals surface area contributed by atoms with Crippen LogP contribution in [0.1, 0.15) is 71.6 Å². The first-order valence-corrected chi connectivity index (χ1v) is 12.4. The summed E-state index contributed by atoms with van der Waals surface area (Å²) in [4.78, 5) is 16.1. The van der Waals surface area contributed by atoms with Gasteiger partial charge in [0.05, 0.1) is 17.9 Å².